The van der Waals surface area contributed by atoms with Gasteiger partial charge in [-0.2, -0.15) is 0 Å². The molecule has 0 aliphatic heterocycles. The van der Waals surface area contributed by atoms with Gasteiger partial charge in [-0.1, -0.05) is 6.92 Å². The molecule has 0 aromatic heterocycles. The van der Waals surface area contributed by atoms with Crippen molar-refractivity contribution in [2.45, 2.75) is 33.7 Å². The number of carbonyl (C=O) groups is 1. The highest BCUT2D eigenvalue weighted by molar-refractivity contribution is 6.19. The maximum Gasteiger partial charge on any atom is 0.227 e. The molecule has 4 heteroatoms. The van der Waals surface area contributed by atoms with Gasteiger partial charge < -0.3 is 10.4 Å². The number of amides is 1. The van der Waals surface area contributed by atoms with Crippen molar-refractivity contribution in [1.29, 1.82) is 0 Å². The van der Waals surface area contributed by atoms with Gasteiger partial charge in [0.1, 0.15) is 0 Å². The van der Waals surface area contributed by atoms with Crippen LogP contribution < -0.4 is 5.32 Å². The van der Waals surface area contributed by atoms with Crippen LogP contribution >= 0.6 is 11.6 Å². The van der Waals surface area contributed by atoms with Gasteiger partial charge in [0, 0.05) is 18.5 Å². The zero-order valence-electron chi connectivity index (χ0n) is 9.30. The van der Waals surface area contributed by atoms with Gasteiger partial charge in [0.2, 0.25) is 5.91 Å². The van der Waals surface area contributed by atoms with E-state index in [-0.39, 0.29) is 24.5 Å². The molecule has 0 radical (unpaired) electrons. The predicted octanol–water partition coefficient (Wildman–Crippen LogP) is 1.38. The average Bonchev–Trinajstić information content (AvgIpc) is 2.16. The lowest BCUT2D eigenvalue weighted by Crippen LogP contribution is -2.45. The number of rotatable bonds is 5. The number of aliphatic hydroxyl groups is 1. The summed E-state index contributed by atoms with van der Waals surface area (Å²) >= 11 is 5.67. The van der Waals surface area contributed by atoms with Gasteiger partial charge in [0.05, 0.1) is 5.41 Å². The standard InChI is InChI=1S/C10H20ClNO2/c1-7(5-13)8(2)12-9(14)10(3,4)6-11/h7-8,13H,5-6H2,1-4H3,(H,12,14). The number of aliphatic hydroxyl groups excluding tert-OH is 1. The number of hydrogen-bond acceptors (Lipinski definition) is 2. The van der Waals surface area contributed by atoms with E-state index in [0.717, 1.165) is 0 Å². The fraction of sp³-hybridized carbons (Fsp3) is 0.900. The molecule has 0 heterocycles. The normalized spacial score (nSPS) is 16.1. The van der Waals surface area contributed by atoms with Crippen molar-refractivity contribution in [1.82, 2.24) is 5.32 Å². The van der Waals surface area contributed by atoms with Crippen LogP contribution in [0.15, 0.2) is 0 Å². The van der Waals surface area contributed by atoms with E-state index >= 15 is 0 Å². The Hall–Kier alpha value is -0.280. The largest absolute Gasteiger partial charge is 0.396 e. The molecule has 3 nitrogen and oxygen atoms in total. The molecule has 0 aromatic carbocycles. The first-order valence-electron chi connectivity index (χ1n) is 4.83. The highest BCUT2D eigenvalue weighted by atomic mass is 35.5. The number of nitrogens with one attached hydrogen (secondary N) is 1. The van der Waals surface area contributed by atoms with Crippen molar-refractivity contribution >= 4 is 17.5 Å². The summed E-state index contributed by atoms with van der Waals surface area (Å²) in [5, 5.41) is 11.7. The molecule has 0 aromatic rings. The number of carbonyl (C=O) groups excluding carboxylic acids is 1. The first-order chi connectivity index (χ1) is 6.35. The van der Waals surface area contributed by atoms with E-state index in [1.54, 1.807) is 13.8 Å². The molecule has 0 aliphatic carbocycles. The molecule has 0 saturated heterocycles. The molecular formula is C10H20ClNO2. The molecule has 84 valence electrons. The lowest BCUT2D eigenvalue weighted by atomic mass is 9.94. The van der Waals surface area contributed by atoms with Gasteiger partial charge in [-0.15, -0.1) is 11.6 Å². The Morgan fingerprint density at radius 1 is 1.50 bits per heavy atom. The quantitative estimate of drug-likeness (QED) is 0.690. The van der Waals surface area contributed by atoms with Gasteiger partial charge in [0.25, 0.3) is 0 Å². The maximum absolute atomic E-state index is 11.6. The summed E-state index contributed by atoms with van der Waals surface area (Å²) in [6.45, 7) is 7.43. The molecule has 0 rings (SSSR count). The summed E-state index contributed by atoms with van der Waals surface area (Å²) < 4.78 is 0. The minimum Gasteiger partial charge on any atom is -0.396 e. The molecule has 2 atom stereocenters. The molecule has 14 heavy (non-hydrogen) atoms. The van der Waals surface area contributed by atoms with E-state index < -0.39 is 5.41 Å². The molecule has 0 bridgehead atoms. The van der Waals surface area contributed by atoms with Crippen molar-refractivity contribution in [3.05, 3.63) is 0 Å². The van der Waals surface area contributed by atoms with Gasteiger partial charge in [0.15, 0.2) is 0 Å². The van der Waals surface area contributed by atoms with Crippen molar-refractivity contribution in [3.8, 4) is 0 Å². The van der Waals surface area contributed by atoms with Crippen LogP contribution in [0, 0.1) is 11.3 Å². The Bertz CT molecular complexity index is 195. The molecule has 0 fully saturated rings. The van der Waals surface area contributed by atoms with E-state index in [2.05, 4.69) is 5.32 Å². The number of hydrogen-bond donors (Lipinski definition) is 2. The zero-order valence-corrected chi connectivity index (χ0v) is 10.1. The summed E-state index contributed by atoms with van der Waals surface area (Å²) in [6.07, 6.45) is 0. The number of alkyl halides is 1. The average molecular weight is 222 g/mol. The van der Waals surface area contributed by atoms with Crippen LogP contribution in [0.2, 0.25) is 0 Å². The highest BCUT2D eigenvalue weighted by Gasteiger charge is 2.28. The molecule has 2 unspecified atom stereocenters. The lowest BCUT2D eigenvalue weighted by molar-refractivity contribution is -0.129. The summed E-state index contributed by atoms with van der Waals surface area (Å²) in [6, 6.07) is -0.0324. The third-order valence-corrected chi connectivity index (χ3v) is 3.12. The fourth-order valence-electron chi connectivity index (χ4n) is 0.763. The number of halogens is 1. The van der Waals surface area contributed by atoms with E-state index in [1.807, 2.05) is 13.8 Å². The van der Waals surface area contributed by atoms with Crippen LogP contribution in [0.4, 0.5) is 0 Å². The monoisotopic (exact) mass is 221 g/mol. The van der Waals surface area contributed by atoms with E-state index in [9.17, 15) is 4.79 Å². The van der Waals surface area contributed by atoms with E-state index in [4.69, 9.17) is 16.7 Å². The molecule has 0 aliphatic rings. The van der Waals surface area contributed by atoms with Crippen molar-refractivity contribution < 1.29 is 9.90 Å². The lowest BCUT2D eigenvalue weighted by Gasteiger charge is -2.26. The third-order valence-electron chi connectivity index (χ3n) is 2.45. The zero-order chi connectivity index (χ0) is 11.4. The second-order valence-electron chi connectivity index (χ2n) is 4.44. The smallest absolute Gasteiger partial charge is 0.227 e. The first kappa shape index (κ1) is 13.7. The van der Waals surface area contributed by atoms with E-state index in [0.29, 0.717) is 5.88 Å². The van der Waals surface area contributed by atoms with Gasteiger partial charge in [-0.25, -0.2) is 0 Å². The van der Waals surface area contributed by atoms with Crippen molar-refractivity contribution in [2.75, 3.05) is 12.5 Å². The van der Waals surface area contributed by atoms with Crippen molar-refractivity contribution in [2.24, 2.45) is 11.3 Å². The van der Waals surface area contributed by atoms with Crippen LogP contribution in [0.1, 0.15) is 27.7 Å². The Morgan fingerprint density at radius 2 is 2.00 bits per heavy atom. The van der Waals surface area contributed by atoms with Crippen LogP contribution in [0.25, 0.3) is 0 Å². The van der Waals surface area contributed by atoms with Crippen molar-refractivity contribution in [3.63, 3.8) is 0 Å². The van der Waals surface area contributed by atoms with Gasteiger partial charge in [-0.05, 0) is 26.7 Å². The molecule has 0 saturated carbocycles. The Labute approximate surface area is 90.8 Å². The summed E-state index contributed by atoms with van der Waals surface area (Å²) in [5.74, 6) is 0.282. The third kappa shape index (κ3) is 3.84. The fourth-order valence-corrected chi connectivity index (χ4v) is 0.885. The van der Waals surface area contributed by atoms with E-state index in [1.165, 1.54) is 0 Å². The Kier molecular flexibility index (Phi) is 5.45. The Morgan fingerprint density at radius 3 is 2.36 bits per heavy atom. The highest BCUT2D eigenvalue weighted by Crippen LogP contribution is 2.17. The predicted molar refractivity (Wildman–Crippen MR) is 58.4 cm³/mol. The second-order valence-corrected chi connectivity index (χ2v) is 4.71. The summed E-state index contributed by atoms with van der Waals surface area (Å²) in [4.78, 5) is 11.6. The van der Waals surface area contributed by atoms with Crippen LogP contribution in [-0.2, 0) is 4.79 Å². The van der Waals surface area contributed by atoms with Gasteiger partial charge >= 0.3 is 0 Å². The molecule has 0 spiro atoms. The first-order valence-corrected chi connectivity index (χ1v) is 5.36. The Balaban J connectivity index is 4.19. The minimum absolute atomic E-state index is 0.0324. The summed E-state index contributed by atoms with van der Waals surface area (Å²) in [7, 11) is 0. The topological polar surface area (TPSA) is 49.3 Å². The van der Waals surface area contributed by atoms with Crippen LogP contribution in [-0.4, -0.2) is 29.5 Å². The molecule has 2 N–H and O–H groups in total. The van der Waals surface area contributed by atoms with Gasteiger partial charge in [-0.3, -0.25) is 4.79 Å². The second kappa shape index (κ2) is 5.56. The maximum atomic E-state index is 11.6. The SMILES string of the molecule is CC(CO)C(C)NC(=O)C(C)(C)CCl. The molecule has 1 amide bonds. The minimum atomic E-state index is -0.551. The molecular weight excluding hydrogens is 202 g/mol. The van der Waals surface area contributed by atoms with Crippen LogP contribution in [0.5, 0.6) is 0 Å². The summed E-state index contributed by atoms with van der Waals surface area (Å²) in [5.41, 5.74) is -0.551. The van der Waals surface area contributed by atoms with Crippen LogP contribution in [0.3, 0.4) is 0 Å².